The standard InChI is InChI=1S/C27H36FN9O3.C14H20ClFN4.C13H17N5O3.CH4/c1-27(2)15-18(13-19-5-4-10-36(19)27)30-24-21(28)16-29-25(32-24)31-17-6-7-23(40-20-8-11-39-12-9-20)22(14-17)37-26(38)35(3)33-34-37;1-14(2)7-9(6-10-4-3-5-20(10)14)18-12-11(16)8-17-13(15)19-12;1-17-13(19)18(16-15-17)11-8-9(14)2-3-12(11)21-10-4-6-20-7-5-10;/h6-7,14,16,18-20H,4-5,8-13,15H2,1-3H3,(H2,29,30,31,32);8-10H,3-7H2,1-2H3,(H,17,18,19);2-3,8,10H,4-7,14H2,1H3;1H4. The zero-order valence-electron chi connectivity index (χ0n) is 46.7. The Hall–Kier alpha value is -6.87. The predicted molar refractivity (Wildman–Crippen MR) is 306 cm³/mol. The lowest BCUT2D eigenvalue weighted by molar-refractivity contribution is 0.0253. The van der Waals surface area contributed by atoms with Crippen LogP contribution in [0.2, 0.25) is 5.28 Å². The number of nitrogens with zero attached hydrogens (tertiary/aromatic N) is 14. The number of nitrogens with two attached hydrogens (primary N) is 1. The first-order chi connectivity index (χ1) is 38.9. The fraction of sp³-hybridized carbons (Fsp3) is 0.600. The predicted octanol–water partition coefficient (Wildman–Crippen LogP) is 6.84. The summed E-state index contributed by atoms with van der Waals surface area (Å²) < 4.78 is 56.2. The maximum Gasteiger partial charge on any atom is 0.368 e. The smallest absolute Gasteiger partial charge is 0.368 e. The summed E-state index contributed by atoms with van der Waals surface area (Å²) in [5.41, 5.74) is 7.29. The number of fused-ring (bicyclic) bond motifs is 2. The molecule has 6 aliphatic rings. The van der Waals surface area contributed by atoms with Crippen LogP contribution in [0.5, 0.6) is 11.5 Å². The van der Waals surface area contributed by atoms with Crippen molar-refractivity contribution in [3.63, 3.8) is 0 Å². The van der Waals surface area contributed by atoms with Crippen LogP contribution in [0.15, 0.2) is 58.4 Å². The summed E-state index contributed by atoms with van der Waals surface area (Å²) in [5.74, 6) is 0.760. The van der Waals surface area contributed by atoms with Crippen molar-refractivity contribution in [3.8, 4) is 22.9 Å². The molecule has 0 amide bonds. The van der Waals surface area contributed by atoms with Crippen LogP contribution in [-0.2, 0) is 23.6 Å². The molecule has 4 aromatic heterocycles. The van der Waals surface area contributed by atoms with Gasteiger partial charge in [-0.1, -0.05) is 7.43 Å². The lowest BCUT2D eigenvalue weighted by atomic mass is 9.84. The molecule has 0 aliphatic carbocycles. The topological polar surface area (TPSA) is 262 Å². The number of rotatable bonds is 12. The van der Waals surface area contributed by atoms with Gasteiger partial charge in [-0.2, -0.15) is 28.7 Å². The van der Waals surface area contributed by atoms with Crippen LogP contribution in [0.3, 0.4) is 0 Å². The van der Waals surface area contributed by atoms with Gasteiger partial charge in [-0.05, 0) is 161 Å². The molecule has 0 radical (unpaired) electrons. The van der Waals surface area contributed by atoms with Crippen LogP contribution >= 0.6 is 11.6 Å². The number of aromatic nitrogens is 12. The van der Waals surface area contributed by atoms with Crippen LogP contribution in [-0.4, -0.2) is 156 Å². The molecule has 24 nitrogen and oxygen atoms in total. The van der Waals surface area contributed by atoms with E-state index in [4.69, 9.17) is 36.3 Å². The molecule has 444 valence electrons. The summed E-state index contributed by atoms with van der Waals surface area (Å²) in [6.45, 7) is 14.0. The zero-order chi connectivity index (χ0) is 57.0. The fourth-order valence-corrected chi connectivity index (χ4v) is 12.4. The van der Waals surface area contributed by atoms with Gasteiger partial charge in [-0.3, -0.25) is 9.80 Å². The Morgan fingerprint density at radius 3 is 1.63 bits per heavy atom. The van der Waals surface area contributed by atoms with Crippen molar-refractivity contribution in [2.24, 2.45) is 14.1 Å². The molecule has 27 heteroatoms. The highest BCUT2D eigenvalue weighted by atomic mass is 35.5. The SMILES string of the molecule is C.CC1(C)CC(Nc2nc(Cl)ncc2F)CC2CCCN21.Cn1nnn(-c2cc(N)ccc2OC2CCOCC2)c1=O.Cn1nnn(-c2cc(Nc3ncc(F)c(NC4CC5CCCN5C(C)(C)C4)n3)ccc2OC2CCOCC2)c1=O. The third-order valence-corrected chi connectivity index (χ3v) is 16.3. The maximum atomic E-state index is 14.8. The third-order valence-electron chi connectivity index (χ3n) is 16.1. The molecule has 6 aromatic rings. The summed E-state index contributed by atoms with van der Waals surface area (Å²) in [6, 6.07) is 11.9. The molecule has 6 fully saturated rings. The molecule has 4 unspecified atom stereocenters. The van der Waals surface area contributed by atoms with Crippen molar-refractivity contribution < 1.29 is 27.7 Å². The lowest BCUT2D eigenvalue weighted by Crippen LogP contribution is -2.55. The van der Waals surface area contributed by atoms with Crippen LogP contribution in [0.25, 0.3) is 11.4 Å². The summed E-state index contributed by atoms with van der Waals surface area (Å²) in [5, 5.41) is 25.2. The number of halogens is 3. The molecular weight excluding hydrogens is 1080 g/mol. The van der Waals surface area contributed by atoms with Crippen LogP contribution in [0.1, 0.15) is 112 Å². The Morgan fingerprint density at radius 1 is 0.659 bits per heavy atom. The molecular formula is C55H77ClF2N18O6. The molecule has 0 spiro atoms. The molecule has 10 heterocycles. The van der Waals surface area contributed by atoms with Crippen molar-refractivity contribution in [2.75, 3.05) is 61.2 Å². The number of hydrogen-bond donors (Lipinski definition) is 4. The van der Waals surface area contributed by atoms with E-state index < -0.39 is 17.3 Å². The van der Waals surface area contributed by atoms with E-state index in [0.29, 0.717) is 72.8 Å². The van der Waals surface area contributed by atoms with E-state index in [-0.39, 0.29) is 71.4 Å². The Kier molecular flexibility index (Phi) is 18.7. The molecule has 12 rings (SSSR count). The number of nitrogen functional groups attached to an aromatic ring is 1. The van der Waals surface area contributed by atoms with Gasteiger partial charge in [0.1, 0.15) is 35.1 Å². The molecule has 2 aromatic carbocycles. The minimum atomic E-state index is -0.496. The van der Waals surface area contributed by atoms with E-state index in [9.17, 15) is 18.4 Å². The molecule has 82 heavy (non-hydrogen) atoms. The van der Waals surface area contributed by atoms with E-state index in [1.807, 2.05) is 0 Å². The van der Waals surface area contributed by atoms with Crippen molar-refractivity contribution in [1.82, 2.24) is 69.3 Å². The molecule has 0 saturated carbocycles. The lowest BCUT2D eigenvalue weighted by Gasteiger charge is -2.47. The van der Waals surface area contributed by atoms with Crippen molar-refractivity contribution in [3.05, 3.63) is 86.7 Å². The Labute approximate surface area is 480 Å². The van der Waals surface area contributed by atoms with Gasteiger partial charge in [0.05, 0.1) is 38.8 Å². The van der Waals surface area contributed by atoms with Gasteiger partial charge in [0.2, 0.25) is 11.2 Å². The van der Waals surface area contributed by atoms with Crippen LogP contribution < -0.4 is 42.5 Å². The van der Waals surface area contributed by atoms with Crippen LogP contribution in [0, 0.1) is 11.6 Å². The number of nitrogens with one attached hydrogen (secondary N) is 3. The van der Waals surface area contributed by atoms with Gasteiger partial charge < -0.3 is 40.6 Å². The molecule has 5 N–H and O–H groups in total. The van der Waals surface area contributed by atoms with Gasteiger partial charge in [0, 0.05) is 86.4 Å². The number of anilines is 5. The highest BCUT2D eigenvalue weighted by Crippen LogP contribution is 2.40. The highest BCUT2D eigenvalue weighted by Gasteiger charge is 2.44. The van der Waals surface area contributed by atoms with Crippen molar-refractivity contribution >= 4 is 40.6 Å². The van der Waals surface area contributed by atoms with Gasteiger partial charge >= 0.3 is 11.4 Å². The highest BCUT2D eigenvalue weighted by molar-refractivity contribution is 6.28. The number of tetrazole rings is 2. The molecule has 4 atom stereocenters. The van der Waals surface area contributed by atoms with Crippen molar-refractivity contribution in [2.45, 2.75) is 160 Å². The second-order valence-electron chi connectivity index (χ2n) is 22.9. The van der Waals surface area contributed by atoms with E-state index in [1.54, 1.807) is 36.4 Å². The van der Waals surface area contributed by atoms with Gasteiger partial charge in [0.15, 0.2) is 23.3 Å². The Balaban J connectivity index is 0.000000162. The monoisotopic (exact) mass is 1160 g/mol. The van der Waals surface area contributed by atoms with Crippen molar-refractivity contribution in [1.29, 1.82) is 0 Å². The van der Waals surface area contributed by atoms with E-state index in [2.05, 4.69) is 94.2 Å². The Morgan fingerprint density at radius 2 is 1.13 bits per heavy atom. The van der Waals surface area contributed by atoms with Gasteiger partial charge in [0.25, 0.3) is 0 Å². The Bertz CT molecular complexity index is 3250. The average Bonchev–Trinajstić information content (AvgIpc) is 4.46. The maximum absolute atomic E-state index is 14.8. The summed E-state index contributed by atoms with van der Waals surface area (Å²) in [4.78, 5) is 46.1. The first-order valence-electron chi connectivity index (χ1n) is 27.9. The zero-order valence-corrected chi connectivity index (χ0v) is 47.5. The average molecular weight is 1160 g/mol. The fourth-order valence-electron chi connectivity index (χ4n) is 12.3. The molecule has 0 bridgehead atoms. The first kappa shape index (κ1) is 59.7. The molecule has 6 aliphatic heterocycles. The van der Waals surface area contributed by atoms with E-state index >= 15 is 0 Å². The summed E-state index contributed by atoms with van der Waals surface area (Å²) >= 11 is 5.74. The molecule has 6 saturated heterocycles. The van der Waals surface area contributed by atoms with E-state index in [1.165, 1.54) is 61.9 Å². The third kappa shape index (κ3) is 14.0. The quantitative estimate of drug-likeness (QED) is 0.0722. The number of hydrogen-bond acceptors (Lipinski definition) is 20. The summed E-state index contributed by atoms with van der Waals surface area (Å²) in [7, 11) is 3.07. The number of aryl methyl sites for hydroxylation is 2. The second-order valence-corrected chi connectivity index (χ2v) is 23.2. The minimum absolute atomic E-state index is 0. The minimum Gasteiger partial charge on any atom is -0.488 e. The van der Waals surface area contributed by atoms with Crippen LogP contribution in [0.4, 0.5) is 37.7 Å². The largest absolute Gasteiger partial charge is 0.488 e. The van der Waals surface area contributed by atoms with Gasteiger partial charge in [-0.15, -0.1) is 0 Å². The number of ether oxygens (including phenoxy) is 4. The first-order valence-corrected chi connectivity index (χ1v) is 28.3. The normalized spacial score (nSPS) is 22.5. The summed E-state index contributed by atoms with van der Waals surface area (Å²) in [6.07, 6.45) is 14.2. The second kappa shape index (κ2) is 25.7. The van der Waals surface area contributed by atoms with Gasteiger partial charge in [-0.25, -0.2) is 28.3 Å². The number of benzene rings is 2. The number of piperidine rings is 2. The van der Waals surface area contributed by atoms with E-state index in [0.717, 1.165) is 73.5 Å².